The van der Waals surface area contributed by atoms with E-state index in [2.05, 4.69) is 40.5 Å². The van der Waals surface area contributed by atoms with Crippen molar-refractivity contribution in [3.63, 3.8) is 0 Å². The topological polar surface area (TPSA) is 49.8 Å². The molecule has 0 aliphatic carbocycles. The van der Waals surface area contributed by atoms with Crippen LogP contribution in [-0.4, -0.2) is 9.97 Å². The Hall–Kier alpha value is -2.59. The van der Waals surface area contributed by atoms with Crippen molar-refractivity contribution in [1.29, 1.82) is 0 Å². The van der Waals surface area contributed by atoms with E-state index < -0.39 is 0 Å². The third-order valence-electron chi connectivity index (χ3n) is 3.82. The average molecular weight is 339 g/mol. The SMILES string of the molecule is Cc1cc(Nc2cccc(C)c2C)nc(Nc2ccc(Cl)cc2)n1. The zero-order valence-corrected chi connectivity index (χ0v) is 14.6. The summed E-state index contributed by atoms with van der Waals surface area (Å²) in [5, 5.41) is 7.28. The van der Waals surface area contributed by atoms with Crippen molar-refractivity contribution in [3.05, 3.63) is 70.4 Å². The molecule has 0 spiro atoms. The van der Waals surface area contributed by atoms with Crippen LogP contribution in [0.25, 0.3) is 0 Å². The summed E-state index contributed by atoms with van der Waals surface area (Å²) in [5.74, 6) is 1.30. The third kappa shape index (κ3) is 3.84. The van der Waals surface area contributed by atoms with Crippen LogP contribution in [0.15, 0.2) is 48.5 Å². The van der Waals surface area contributed by atoms with Gasteiger partial charge in [-0.15, -0.1) is 0 Å². The first kappa shape index (κ1) is 16.3. The number of benzene rings is 2. The molecule has 0 unspecified atom stereocenters. The molecule has 0 aliphatic rings. The monoisotopic (exact) mass is 338 g/mol. The number of halogens is 1. The fourth-order valence-corrected chi connectivity index (χ4v) is 2.50. The number of aryl methyl sites for hydroxylation is 2. The normalized spacial score (nSPS) is 10.5. The minimum Gasteiger partial charge on any atom is -0.340 e. The van der Waals surface area contributed by atoms with Gasteiger partial charge in [0, 0.05) is 28.2 Å². The van der Waals surface area contributed by atoms with Crippen LogP contribution in [-0.2, 0) is 0 Å². The number of nitrogens with zero attached hydrogens (tertiary/aromatic N) is 2. The van der Waals surface area contributed by atoms with E-state index in [1.165, 1.54) is 11.1 Å². The summed E-state index contributed by atoms with van der Waals surface area (Å²) < 4.78 is 0. The van der Waals surface area contributed by atoms with Crippen LogP contribution >= 0.6 is 11.6 Å². The van der Waals surface area contributed by atoms with E-state index in [1.807, 2.05) is 49.4 Å². The van der Waals surface area contributed by atoms with Gasteiger partial charge in [-0.1, -0.05) is 23.7 Å². The number of hydrogen-bond donors (Lipinski definition) is 2. The molecule has 0 fully saturated rings. The molecule has 0 amide bonds. The van der Waals surface area contributed by atoms with Crippen molar-refractivity contribution < 1.29 is 0 Å². The summed E-state index contributed by atoms with van der Waals surface area (Å²) in [6, 6.07) is 15.5. The fraction of sp³-hybridized carbons (Fsp3) is 0.158. The Kier molecular flexibility index (Phi) is 4.67. The molecule has 0 atom stereocenters. The van der Waals surface area contributed by atoms with E-state index in [-0.39, 0.29) is 0 Å². The van der Waals surface area contributed by atoms with Crippen LogP contribution in [0.2, 0.25) is 5.02 Å². The molecule has 0 saturated carbocycles. The highest BCUT2D eigenvalue weighted by Crippen LogP contribution is 2.23. The van der Waals surface area contributed by atoms with Crippen molar-refractivity contribution in [1.82, 2.24) is 9.97 Å². The van der Waals surface area contributed by atoms with Crippen LogP contribution < -0.4 is 10.6 Å². The van der Waals surface area contributed by atoms with Gasteiger partial charge in [0.1, 0.15) is 5.82 Å². The Morgan fingerprint density at radius 3 is 2.38 bits per heavy atom. The Bertz CT molecular complexity index is 860. The quantitative estimate of drug-likeness (QED) is 0.655. The van der Waals surface area contributed by atoms with Gasteiger partial charge < -0.3 is 10.6 Å². The second-order valence-electron chi connectivity index (χ2n) is 5.72. The third-order valence-corrected chi connectivity index (χ3v) is 4.07. The van der Waals surface area contributed by atoms with E-state index >= 15 is 0 Å². The molecule has 122 valence electrons. The molecule has 3 rings (SSSR count). The Labute approximate surface area is 146 Å². The molecule has 5 heteroatoms. The Morgan fingerprint density at radius 2 is 1.62 bits per heavy atom. The smallest absolute Gasteiger partial charge is 0.229 e. The maximum atomic E-state index is 5.91. The molecule has 24 heavy (non-hydrogen) atoms. The summed E-state index contributed by atoms with van der Waals surface area (Å²) >= 11 is 5.91. The minimum atomic E-state index is 0.546. The fourth-order valence-electron chi connectivity index (χ4n) is 2.38. The molecule has 0 saturated heterocycles. The molecular formula is C19H19ClN4. The van der Waals surface area contributed by atoms with Gasteiger partial charge in [0.15, 0.2) is 0 Å². The van der Waals surface area contributed by atoms with Crippen LogP contribution in [0.4, 0.5) is 23.1 Å². The Balaban J connectivity index is 1.86. The summed E-state index contributed by atoms with van der Waals surface area (Å²) in [6.07, 6.45) is 0. The number of anilines is 4. The highest BCUT2D eigenvalue weighted by molar-refractivity contribution is 6.30. The Morgan fingerprint density at radius 1 is 0.875 bits per heavy atom. The first-order chi connectivity index (χ1) is 11.5. The highest BCUT2D eigenvalue weighted by Gasteiger charge is 2.06. The maximum absolute atomic E-state index is 5.91. The van der Waals surface area contributed by atoms with E-state index in [9.17, 15) is 0 Å². The lowest BCUT2D eigenvalue weighted by atomic mass is 10.1. The van der Waals surface area contributed by atoms with Gasteiger partial charge in [0.2, 0.25) is 5.95 Å². The van der Waals surface area contributed by atoms with Gasteiger partial charge in [-0.25, -0.2) is 4.98 Å². The first-order valence-electron chi connectivity index (χ1n) is 7.73. The second kappa shape index (κ2) is 6.89. The molecule has 0 radical (unpaired) electrons. The number of aromatic nitrogens is 2. The first-order valence-corrected chi connectivity index (χ1v) is 8.10. The van der Waals surface area contributed by atoms with Gasteiger partial charge in [0.25, 0.3) is 0 Å². The van der Waals surface area contributed by atoms with E-state index in [0.717, 1.165) is 22.9 Å². The predicted molar refractivity (Wildman–Crippen MR) is 101 cm³/mol. The van der Waals surface area contributed by atoms with Crippen molar-refractivity contribution in [3.8, 4) is 0 Å². The largest absolute Gasteiger partial charge is 0.340 e. The standard InChI is InChI=1S/C19H19ClN4/c1-12-5-4-6-17(14(12)3)23-18-11-13(2)21-19(24-18)22-16-9-7-15(20)8-10-16/h4-11H,1-3H3,(H2,21,22,23,24). The molecule has 1 heterocycles. The minimum absolute atomic E-state index is 0.546. The average Bonchev–Trinajstić information content (AvgIpc) is 2.54. The lowest BCUT2D eigenvalue weighted by molar-refractivity contribution is 1.11. The predicted octanol–water partition coefficient (Wildman–Crippen LogP) is 5.54. The lowest BCUT2D eigenvalue weighted by Crippen LogP contribution is -2.03. The van der Waals surface area contributed by atoms with E-state index in [4.69, 9.17) is 11.6 Å². The molecule has 4 nitrogen and oxygen atoms in total. The van der Waals surface area contributed by atoms with Gasteiger partial charge in [-0.2, -0.15) is 4.98 Å². The molecule has 0 aliphatic heterocycles. The summed E-state index contributed by atoms with van der Waals surface area (Å²) in [4.78, 5) is 8.99. The van der Waals surface area contributed by atoms with Gasteiger partial charge in [0.05, 0.1) is 0 Å². The molecule has 2 aromatic carbocycles. The number of nitrogens with one attached hydrogen (secondary N) is 2. The zero-order chi connectivity index (χ0) is 17.1. The molecule has 1 aromatic heterocycles. The summed E-state index contributed by atoms with van der Waals surface area (Å²) in [7, 11) is 0. The van der Waals surface area contributed by atoms with E-state index in [1.54, 1.807) is 0 Å². The molecule has 3 aromatic rings. The molecule has 2 N–H and O–H groups in total. The van der Waals surface area contributed by atoms with Gasteiger partial charge in [-0.3, -0.25) is 0 Å². The zero-order valence-electron chi connectivity index (χ0n) is 13.9. The lowest BCUT2D eigenvalue weighted by Gasteiger charge is -2.13. The number of hydrogen-bond acceptors (Lipinski definition) is 4. The second-order valence-corrected chi connectivity index (χ2v) is 6.16. The maximum Gasteiger partial charge on any atom is 0.229 e. The van der Waals surface area contributed by atoms with Gasteiger partial charge in [-0.05, 0) is 62.2 Å². The molecular weight excluding hydrogens is 320 g/mol. The van der Waals surface area contributed by atoms with Crippen molar-refractivity contribution >= 4 is 34.7 Å². The molecule has 0 bridgehead atoms. The van der Waals surface area contributed by atoms with Crippen LogP contribution in [0.3, 0.4) is 0 Å². The van der Waals surface area contributed by atoms with Crippen LogP contribution in [0.1, 0.15) is 16.8 Å². The van der Waals surface area contributed by atoms with Crippen molar-refractivity contribution in [2.24, 2.45) is 0 Å². The van der Waals surface area contributed by atoms with Crippen LogP contribution in [0, 0.1) is 20.8 Å². The summed E-state index contributed by atoms with van der Waals surface area (Å²) in [6.45, 7) is 6.14. The number of rotatable bonds is 4. The van der Waals surface area contributed by atoms with Crippen molar-refractivity contribution in [2.45, 2.75) is 20.8 Å². The highest BCUT2D eigenvalue weighted by atomic mass is 35.5. The van der Waals surface area contributed by atoms with Crippen molar-refractivity contribution in [2.75, 3.05) is 10.6 Å². The van der Waals surface area contributed by atoms with E-state index in [0.29, 0.717) is 11.0 Å². The van der Waals surface area contributed by atoms with Gasteiger partial charge >= 0.3 is 0 Å². The summed E-state index contributed by atoms with van der Waals surface area (Å²) in [5.41, 5.74) is 5.27. The van der Waals surface area contributed by atoms with Crippen LogP contribution in [0.5, 0.6) is 0 Å².